The van der Waals surface area contributed by atoms with Crippen molar-refractivity contribution >= 4 is 23.5 Å². The molecule has 122 valence electrons. The summed E-state index contributed by atoms with van der Waals surface area (Å²) >= 11 is 5.85. The van der Waals surface area contributed by atoms with Gasteiger partial charge in [-0.05, 0) is 51.5 Å². The zero-order valence-electron chi connectivity index (χ0n) is 13.3. The molecule has 1 aromatic rings. The summed E-state index contributed by atoms with van der Waals surface area (Å²) in [4.78, 5) is 23.5. The normalized spacial score (nSPS) is 12.8. The van der Waals surface area contributed by atoms with Crippen LogP contribution in [0.4, 0.5) is 0 Å². The number of nitrogens with one attached hydrogen (secondary N) is 1. The standard InChI is InChI=1S/C16H22ClNO4/c1-10-9-11(17)5-6-12(10)14(19)18-13(15(20)21)7-8-22-16(2,3)4/h5-6,9,13H,7-8H2,1-4H3,(H,18,19)(H,20,21). The predicted molar refractivity (Wildman–Crippen MR) is 85.4 cm³/mol. The fraction of sp³-hybridized carbons (Fsp3) is 0.500. The molecule has 6 heteroatoms. The Morgan fingerprint density at radius 3 is 2.50 bits per heavy atom. The second-order valence-electron chi connectivity index (χ2n) is 6.07. The third-order valence-electron chi connectivity index (χ3n) is 2.98. The summed E-state index contributed by atoms with van der Waals surface area (Å²) in [5.41, 5.74) is 0.757. The maximum absolute atomic E-state index is 12.2. The van der Waals surface area contributed by atoms with Crippen LogP contribution in [0, 0.1) is 6.92 Å². The molecule has 0 saturated carbocycles. The minimum Gasteiger partial charge on any atom is -0.480 e. The number of rotatable bonds is 6. The molecule has 1 rings (SSSR count). The molecule has 0 radical (unpaired) electrons. The average Bonchev–Trinajstić information content (AvgIpc) is 2.35. The lowest BCUT2D eigenvalue weighted by atomic mass is 10.1. The summed E-state index contributed by atoms with van der Waals surface area (Å²) < 4.78 is 5.50. The van der Waals surface area contributed by atoms with E-state index in [9.17, 15) is 14.7 Å². The molecule has 0 saturated heterocycles. The van der Waals surface area contributed by atoms with Crippen molar-refractivity contribution in [1.82, 2.24) is 5.32 Å². The van der Waals surface area contributed by atoms with Crippen molar-refractivity contribution in [3.8, 4) is 0 Å². The Bertz CT molecular complexity index is 552. The first-order valence-corrected chi connectivity index (χ1v) is 7.42. The molecule has 5 nitrogen and oxygen atoms in total. The molecule has 22 heavy (non-hydrogen) atoms. The van der Waals surface area contributed by atoms with E-state index in [4.69, 9.17) is 16.3 Å². The molecular weight excluding hydrogens is 306 g/mol. The van der Waals surface area contributed by atoms with E-state index in [0.29, 0.717) is 16.1 Å². The first kappa shape index (κ1) is 18.5. The van der Waals surface area contributed by atoms with Crippen molar-refractivity contribution in [2.75, 3.05) is 6.61 Å². The molecule has 2 N–H and O–H groups in total. The van der Waals surface area contributed by atoms with Gasteiger partial charge in [0.05, 0.1) is 5.60 Å². The van der Waals surface area contributed by atoms with E-state index in [0.717, 1.165) is 0 Å². The molecule has 0 aromatic heterocycles. The summed E-state index contributed by atoms with van der Waals surface area (Å²) in [7, 11) is 0. The Labute approximate surface area is 135 Å². The number of carboxylic acids is 1. The van der Waals surface area contributed by atoms with Crippen LogP contribution in [0.15, 0.2) is 18.2 Å². The van der Waals surface area contributed by atoms with Gasteiger partial charge in [0.2, 0.25) is 0 Å². The van der Waals surface area contributed by atoms with E-state index in [1.807, 2.05) is 20.8 Å². The molecule has 1 amide bonds. The smallest absolute Gasteiger partial charge is 0.326 e. The topological polar surface area (TPSA) is 75.6 Å². The van der Waals surface area contributed by atoms with Crippen LogP contribution in [-0.2, 0) is 9.53 Å². The van der Waals surface area contributed by atoms with E-state index >= 15 is 0 Å². The summed E-state index contributed by atoms with van der Waals surface area (Å²) in [5, 5.41) is 12.3. The van der Waals surface area contributed by atoms with Crippen molar-refractivity contribution in [2.45, 2.75) is 45.8 Å². The second kappa shape index (κ2) is 7.61. The van der Waals surface area contributed by atoms with E-state index in [1.165, 1.54) is 0 Å². The van der Waals surface area contributed by atoms with Crippen molar-refractivity contribution < 1.29 is 19.4 Å². The van der Waals surface area contributed by atoms with Gasteiger partial charge in [0, 0.05) is 23.6 Å². The molecule has 0 aliphatic carbocycles. The number of ether oxygens (including phenoxy) is 1. The molecule has 0 heterocycles. The number of benzene rings is 1. The fourth-order valence-corrected chi connectivity index (χ4v) is 2.08. The van der Waals surface area contributed by atoms with Gasteiger partial charge in [0.15, 0.2) is 0 Å². The number of halogens is 1. The largest absolute Gasteiger partial charge is 0.480 e. The first-order valence-electron chi connectivity index (χ1n) is 7.04. The summed E-state index contributed by atoms with van der Waals surface area (Å²) in [6, 6.07) is 3.85. The highest BCUT2D eigenvalue weighted by Gasteiger charge is 2.22. The highest BCUT2D eigenvalue weighted by Crippen LogP contribution is 2.15. The van der Waals surface area contributed by atoms with Gasteiger partial charge in [-0.2, -0.15) is 0 Å². The molecule has 1 atom stereocenters. The van der Waals surface area contributed by atoms with Crippen LogP contribution in [0.5, 0.6) is 0 Å². The van der Waals surface area contributed by atoms with Crippen LogP contribution < -0.4 is 5.32 Å². The Kier molecular flexibility index (Phi) is 6.38. The highest BCUT2D eigenvalue weighted by atomic mass is 35.5. The summed E-state index contributed by atoms with van der Waals surface area (Å²) in [6.07, 6.45) is 0.199. The van der Waals surface area contributed by atoms with Crippen molar-refractivity contribution in [3.05, 3.63) is 34.3 Å². The Morgan fingerprint density at radius 2 is 2.00 bits per heavy atom. The van der Waals surface area contributed by atoms with Crippen LogP contribution in [0.25, 0.3) is 0 Å². The van der Waals surface area contributed by atoms with Crippen LogP contribution >= 0.6 is 11.6 Å². The Hall–Kier alpha value is -1.59. The zero-order chi connectivity index (χ0) is 16.9. The minimum absolute atomic E-state index is 0.199. The molecule has 0 spiro atoms. The Morgan fingerprint density at radius 1 is 1.36 bits per heavy atom. The van der Waals surface area contributed by atoms with Gasteiger partial charge in [-0.15, -0.1) is 0 Å². The van der Waals surface area contributed by atoms with Crippen molar-refractivity contribution in [2.24, 2.45) is 0 Å². The van der Waals surface area contributed by atoms with Gasteiger partial charge in [0.25, 0.3) is 5.91 Å². The third kappa shape index (κ3) is 6.03. The van der Waals surface area contributed by atoms with Crippen LogP contribution in [0.3, 0.4) is 0 Å². The van der Waals surface area contributed by atoms with Gasteiger partial charge in [0.1, 0.15) is 6.04 Å². The average molecular weight is 328 g/mol. The minimum atomic E-state index is -1.09. The van der Waals surface area contributed by atoms with Gasteiger partial charge in [-0.3, -0.25) is 4.79 Å². The number of carbonyl (C=O) groups excluding carboxylic acids is 1. The molecule has 0 fully saturated rings. The number of carboxylic acid groups (broad SMARTS) is 1. The van der Waals surface area contributed by atoms with Gasteiger partial charge in [-0.25, -0.2) is 4.79 Å². The lowest BCUT2D eigenvalue weighted by Crippen LogP contribution is -2.42. The molecule has 1 aromatic carbocycles. The lowest BCUT2D eigenvalue weighted by molar-refractivity contribution is -0.140. The third-order valence-corrected chi connectivity index (χ3v) is 3.21. The molecular formula is C16H22ClNO4. The summed E-state index contributed by atoms with van der Waals surface area (Å²) in [6.45, 7) is 7.66. The number of amides is 1. The molecule has 0 aliphatic rings. The maximum Gasteiger partial charge on any atom is 0.326 e. The quantitative estimate of drug-likeness (QED) is 0.842. The number of aryl methyl sites for hydroxylation is 1. The summed E-state index contributed by atoms with van der Waals surface area (Å²) in [5.74, 6) is -1.52. The number of hydrogen-bond donors (Lipinski definition) is 2. The SMILES string of the molecule is Cc1cc(Cl)ccc1C(=O)NC(CCOC(C)(C)C)C(=O)O. The van der Waals surface area contributed by atoms with Crippen LogP contribution in [0.1, 0.15) is 43.1 Å². The van der Waals surface area contributed by atoms with Crippen LogP contribution in [-0.4, -0.2) is 35.2 Å². The molecule has 1 unspecified atom stereocenters. The number of aliphatic carboxylic acids is 1. The van der Waals surface area contributed by atoms with E-state index in [-0.39, 0.29) is 18.6 Å². The maximum atomic E-state index is 12.2. The second-order valence-corrected chi connectivity index (χ2v) is 6.51. The monoisotopic (exact) mass is 327 g/mol. The van der Waals surface area contributed by atoms with Gasteiger partial charge >= 0.3 is 5.97 Å². The predicted octanol–water partition coefficient (Wildman–Crippen LogP) is 3.04. The van der Waals surface area contributed by atoms with Crippen molar-refractivity contribution in [3.63, 3.8) is 0 Å². The number of hydrogen-bond acceptors (Lipinski definition) is 3. The fourth-order valence-electron chi connectivity index (χ4n) is 1.86. The van der Waals surface area contributed by atoms with E-state index < -0.39 is 17.9 Å². The van der Waals surface area contributed by atoms with Crippen molar-refractivity contribution in [1.29, 1.82) is 0 Å². The van der Waals surface area contributed by atoms with E-state index in [2.05, 4.69) is 5.32 Å². The lowest BCUT2D eigenvalue weighted by Gasteiger charge is -2.21. The number of carbonyl (C=O) groups is 2. The molecule has 0 aliphatic heterocycles. The zero-order valence-corrected chi connectivity index (χ0v) is 14.0. The molecule has 0 bridgehead atoms. The van der Waals surface area contributed by atoms with Gasteiger partial charge < -0.3 is 15.2 Å². The Balaban J connectivity index is 2.70. The van der Waals surface area contributed by atoms with E-state index in [1.54, 1.807) is 25.1 Å². The van der Waals surface area contributed by atoms with Gasteiger partial charge in [-0.1, -0.05) is 11.6 Å². The van der Waals surface area contributed by atoms with Crippen LogP contribution in [0.2, 0.25) is 5.02 Å². The first-order chi connectivity index (χ1) is 10.1. The highest BCUT2D eigenvalue weighted by molar-refractivity contribution is 6.30.